The maximum atomic E-state index is 9.92. The average Bonchev–Trinajstić information content (AvgIpc) is 2.80. The number of ether oxygens (including phenoxy) is 1. The molecule has 4 heteroatoms. The third-order valence-corrected chi connectivity index (χ3v) is 5.31. The Kier molecular flexibility index (Phi) is 4.75. The largest absolute Gasteiger partial charge is 0.379 e. The fraction of sp³-hybridized carbons (Fsp3) is 0.429. The Hall–Kier alpha value is -1.88. The first-order valence-corrected chi connectivity index (χ1v) is 9.19. The summed E-state index contributed by atoms with van der Waals surface area (Å²) in [6, 6.07) is 17.4. The van der Waals surface area contributed by atoms with E-state index in [1.807, 2.05) is 6.92 Å². The molecule has 0 bridgehead atoms. The summed E-state index contributed by atoms with van der Waals surface area (Å²) in [7, 11) is 0. The lowest BCUT2D eigenvalue weighted by atomic mass is 10.0. The first-order valence-electron chi connectivity index (χ1n) is 9.19. The summed E-state index contributed by atoms with van der Waals surface area (Å²) in [5.74, 6) is 0. The van der Waals surface area contributed by atoms with E-state index in [0.29, 0.717) is 6.61 Å². The Morgan fingerprint density at radius 2 is 1.64 bits per heavy atom. The number of morpholine rings is 1. The van der Waals surface area contributed by atoms with Crippen LogP contribution in [0.25, 0.3) is 0 Å². The first-order chi connectivity index (χ1) is 12.2. The summed E-state index contributed by atoms with van der Waals surface area (Å²) >= 11 is 0. The zero-order valence-electron chi connectivity index (χ0n) is 14.8. The van der Waals surface area contributed by atoms with E-state index in [1.54, 1.807) is 0 Å². The maximum Gasteiger partial charge on any atom is 0.104 e. The zero-order valence-corrected chi connectivity index (χ0v) is 14.8. The molecule has 0 radical (unpaired) electrons. The number of aryl methyl sites for hydroxylation is 2. The predicted octanol–water partition coefficient (Wildman–Crippen LogP) is 2.96. The van der Waals surface area contributed by atoms with Gasteiger partial charge in [-0.3, -0.25) is 4.90 Å². The molecule has 2 aromatic carbocycles. The molecule has 0 aromatic heterocycles. The van der Waals surface area contributed by atoms with Gasteiger partial charge in [0.05, 0.1) is 19.3 Å². The second kappa shape index (κ2) is 7.16. The van der Waals surface area contributed by atoms with Gasteiger partial charge in [0.25, 0.3) is 0 Å². The van der Waals surface area contributed by atoms with Gasteiger partial charge in [0.15, 0.2) is 0 Å². The molecule has 4 rings (SSSR count). The second-order valence-corrected chi connectivity index (χ2v) is 6.99. The molecule has 0 saturated carbocycles. The summed E-state index contributed by atoms with van der Waals surface area (Å²) in [6.45, 7) is 4.86. The van der Waals surface area contributed by atoms with Crippen molar-refractivity contribution in [3.05, 3.63) is 59.7 Å². The lowest BCUT2D eigenvalue weighted by Crippen LogP contribution is -2.50. The quantitative estimate of drug-likeness (QED) is 0.933. The van der Waals surface area contributed by atoms with E-state index in [9.17, 15) is 5.11 Å². The van der Waals surface area contributed by atoms with E-state index in [1.165, 1.54) is 22.5 Å². The maximum absolute atomic E-state index is 9.92. The van der Waals surface area contributed by atoms with Gasteiger partial charge in [0.1, 0.15) is 6.23 Å². The standard InChI is InChI=1S/C21H26N2O2/c1-16(24)22-12-13-25-19(14-22)15-23-20-8-4-2-6-17(20)10-11-18-7-3-5-9-21(18)23/h2-9,16,19,24H,10-15H2,1H3. The normalized spacial score (nSPS) is 22.0. The van der Waals surface area contributed by atoms with Crippen molar-refractivity contribution in [3.8, 4) is 0 Å². The smallest absolute Gasteiger partial charge is 0.104 e. The fourth-order valence-corrected chi connectivity index (χ4v) is 3.96. The Labute approximate surface area is 149 Å². The van der Waals surface area contributed by atoms with Crippen LogP contribution in [-0.4, -0.2) is 48.6 Å². The molecule has 2 unspecified atom stereocenters. The van der Waals surface area contributed by atoms with E-state index >= 15 is 0 Å². The van der Waals surface area contributed by atoms with Gasteiger partial charge < -0.3 is 14.7 Å². The third-order valence-electron chi connectivity index (χ3n) is 5.31. The number of benzene rings is 2. The van der Waals surface area contributed by atoms with Crippen LogP contribution in [0.4, 0.5) is 11.4 Å². The monoisotopic (exact) mass is 338 g/mol. The number of rotatable bonds is 3. The van der Waals surface area contributed by atoms with Crippen LogP contribution >= 0.6 is 0 Å². The van der Waals surface area contributed by atoms with Crippen LogP contribution in [0.2, 0.25) is 0 Å². The number of hydrogen-bond donors (Lipinski definition) is 1. The minimum atomic E-state index is -0.421. The highest BCUT2D eigenvalue weighted by Crippen LogP contribution is 2.36. The Morgan fingerprint density at radius 1 is 1.04 bits per heavy atom. The molecule has 2 aliphatic heterocycles. The number of aliphatic hydroxyl groups is 1. The van der Waals surface area contributed by atoms with Gasteiger partial charge in [-0.1, -0.05) is 36.4 Å². The summed E-state index contributed by atoms with van der Waals surface area (Å²) in [5, 5.41) is 9.92. The Morgan fingerprint density at radius 3 is 2.24 bits per heavy atom. The zero-order chi connectivity index (χ0) is 17.2. The fourth-order valence-electron chi connectivity index (χ4n) is 3.96. The molecule has 25 heavy (non-hydrogen) atoms. The minimum absolute atomic E-state index is 0.0857. The molecule has 1 fully saturated rings. The van der Waals surface area contributed by atoms with Gasteiger partial charge in [0.2, 0.25) is 0 Å². The van der Waals surface area contributed by atoms with Crippen molar-refractivity contribution in [1.82, 2.24) is 4.90 Å². The van der Waals surface area contributed by atoms with Crippen LogP contribution in [0, 0.1) is 0 Å². The van der Waals surface area contributed by atoms with Crippen molar-refractivity contribution in [1.29, 1.82) is 0 Å². The highest BCUT2D eigenvalue weighted by atomic mass is 16.5. The number of fused-ring (bicyclic) bond motifs is 2. The molecule has 1 saturated heterocycles. The van der Waals surface area contributed by atoms with Crippen molar-refractivity contribution in [3.63, 3.8) is 0 Å². The minimum Gasteiger partial charge on any atom is -0.379 e. The summed E-state index contributed by atoms with van der Waals surface area (Å²) in [5.41, 5.74) is 5.35. The lowest BCUT2D eigenvalue weighted by molar-refractivity contribution is -0.0831. The van der Waals surface area contributed by atoms with Gasteiger partial charge in [-0.15, -0.1) is 0 Å². The van der Waals surface area contributed by atoms with E-state index in [2.05, 4.69) is 58.3 Å². The van der Waals surface area contributed by atoms with Crippen LogP contribution in [0.3, 0.4) is 0 Å². The molecule has 132 valence electrons. The van der Waals surface area contributed by atoms with E-state index in [4.69, 9.17) is 4.74 Å². The van der Waals surface area contributed by atoms with Gasteiger partial charge in [-0.2, -0.15) is 0 Å². The first kappa shape index (κ1) is 16.6. The highest BCUT2D eigenvalue weighted by molar-refractivity contribution is 5.71. The Balaban J connectivity index is 1.66. The number of nitrogens with zero attached hydrogens (tertiary/aromatic N) is 2. The van der Waals surface area contributed by atoms with Gasteiger partial charge in [0, 0.05) is 24.5 Å². The van der Waals surface area contributed by atoms with Gasteiger partial charge in [-0.25, -0.2) is 0 Å². The molecule has 2 aliphatic rings. The van der Waals surface area contributed by atoms with Crippen LogP contribution in [0.15, 0.2) is 48.5 Å². The third kappa shape index (κ3) is 3.43. The van der Waals surface area contributed by atoms with Crippen LogP contribution in [0.5, 0.6) is 0 Å². The van der Waals surface area contributed by atoms with Crippen LogP contribution < -0.4 is 4.90 Å². The van der Waals surface area contributed by atoms with Gasteiger partial charge >= 0.3 is 0 Å². The number of aliphatic hydroxyl groups excluding tert-OH is 1. The molecular formula is C21H26N2O2. The van der Waals surface area contributed by atoms with Crippen LogP contribution in [-0.2, 0) is 17.6 Å². The number of para-hydroxylation sites is 2. The predicted molar refractivity (Wildman–Crippen MR) is 100 cm³/mol. The Bertz CT molecular complexity index is 684. The van der Waals surface area contributed by atoms with Crippen LogP contribution in [0.1, 0.15) is 18.1 Å². The molecule has 2 atom stereocenters. The van der Waals surface area contributed by atoms with Crippen molar-refractivity contribution in [2.45, 2.75) is 32.1 Å². The van der Waals surface area contributed by atoms with Crippen molar-refractivity contribution in [2.24, 2.45) is 0 Å². The average molecular weight is 338 g/mol. The summed E-state index contributed by atoms with van der Waals surface area (Å²) < 4.78 is 6.04. The number of hydrogen-bond acceptors (Lipinski definition) is 4. The van der Waals surface area contributed by atoms with E-state index in [-0.39, 0.29) is 6.10 Å². The topological polar surface area (TPSA) is 35.9 Å². The summed E-state index contributed by atoms with van der Waals surface area (Å²) in [4.78, 5) is 4.50. The van der Waals surface area contributed by atoms with Gasteiger partial charge in [-0.05, 0) is 43.0 Å². The molecule has 2 heterocycles. The molecule has 4 nitrogen and oxygen atoms in total. The number of anilines is 2. The highest BCUT2D eigenvalue weighted by Gasteiger charge is 2.28. The van der Waals surface area contributed by atoms with Crippen molar-refractivity contribution in [2.75, 3.05) is 31.1 Å². The van der Waals surface area contributed by atoms with E-state index < -0.39 is 6.23 Å². The SMILES string of the molecule is CC(O)N1CCOC(CN2c3ccccc3CCc3ccccc32)C1. The molecule has 1 N–H and O–H groups in total. The molecule has 0 aliphatic carbocycles. The van der Waals surface area contributed by atoms with Crippen molar-refractivity contribution < 1.29 is 9.84 Å². The second-order valence-electron chi connectivity index (χ2n) is 6.99. The molecule has 0 spiro atoms. The lowest BCUT2D eigenvalue weighted by Gasteiger charge is -2.38. The molecule has 2 aromatic rings. The van der Waals surface area contributed by atoms with E-state index in [0.717, 1.165) is 32.5 Å². The summed E-state index contributed by atoms with van der Waals surface area (Å²) in [6.07, 6.45) is 1.79. The molecular weight excluding hydrogens is 312 g/mol. The molecule has 0 amide bonds. The van der Waals surface area contributed by atoms with Crippen molar-refractivity contribution >= 4 is 11.4 Å².